The summed E-state index contributed by atoms with van der Waals surface area (Å²) >= 11 is 0. The second-order valence-corrected chi connectivity index (χ2v) is 6.63. The Kier molecular flexibility index (Phi) is 4.34. The summed E-state index contributed by atoms with van der Waals surface area (Å²) in [6.45, 7) is 4.35. The van der Waals surface area contributed by atoms with E-state index in [2.05, 4.69) is 4.98 Å². The molecule has 1 aromatic heterocycles. The summed E-state index contributed by atoms with van der Waals surface area (Å²) in [6.07, 6.45) is 0. The standard InChI is InChI=1S/C17H19N3O2S/c1-3-22-20-16-7-5-4-6-15(16)19-17(20)23(21)11-13-10-12(2)8-9-14(13)18/h4-10H,3,11,18H2,1-2H3/t23-/m0/s1. The fourth-order valence-electron chi connectivity index (χ4n) is 2.44. The van der Waals surface area contributed by atoms with E-state index in [1.165, 1.54) is 0 Å². The number of fused-ring (bicyclic) bond motifs is 1. The third-order valence-corrected chi connectivity index (χ3v) is 4.77. The van der Waals surface area contributed by atoms with Crippen LogP contribution in [0.2, 0.25) is 0 Å². The first-order valence-electron chi connectivity index (χ1n) is 7.44. The molecule has 5 nitrogen and oxygen atoms in total. The van der Waals surface area contributed by atoms with Gasteiger partial charge in [-0.15, -0.1) is 0 Å². The average molecular weight is 329 g/mol. The van der Waals surface area contributed by atoms with Crippen LogP contribution < -0.4 is 10.6 Å². The number of rotatable bonds is 5. The van der Waals surface area contributed by atoms with E-state index in [4.69, 9.17) is 10.6 Å². The smallest absolute Gasteiger partial charge is 0.234 e. The lowest BCUT2D eigenvalue weighted by Gasteiger charge is -2.10. The Morgan fingerprint density at radius 2 is 2.04 bits per heavy atom. The van der Waals surface area contributed by atoms with Gasteiger partial charge in [0, 0.05) is 5.69 Å². The van der Waals surface area contributed by atoms with Crippen molar-refractivity contribution < 1.29 is 9.05 Å². The lowest BCUT2D eigenvalue weighted by atomic mass is 10.1. The van der Waals surface area contributed by atoms with Crippen molar-refractivity contribution in [1.29, 1.82) is 0 Å². The Hall–Kier alpha value is -2.34. The highest BCUT2D eigenvalue weighted by Crippen LogP contribution is 2.22. The Labute approximate surface area is 137 Å². The van der Waals surface area contributed by atoms with E-state index in [0.717, 1.165) is 22.2 Å². The highest BCUT2D eigenvalue weighted by atomic mass is 32.2. The number of imidazole rings is 1. The molecule has 1 atom stereocenters. The SMILES string of the molecule is CCOn1c([S@@](=O)Cc2cc(C)ccc2N)nc2ccccc21. The van der Waals surface area contributed by atoms with Gasteiger partial charge in [-0.3, -0.25) is 4.21 Å². The first kappa shape index (κ1) is 15.6. The molecular weight excluding hydrogens is 310 g/mol. The number of para-hydroxylation sites is 2. The highest BCUT2D eigenvalue weighted by molar-refractivity contribution is 7.84. The predicted octanol–water partition coefficient (Wildman–Crippen LogP) is 2.68. The normalized spacial score (nSPS) is 12.4. The number of anilines is 1. The number of nitrogens with two attached hydrogens (primary N) is 1. The maximum Gasteiger partial charge on any atom is 0.234 e. The van der Waals surface area contributed by atoms with E-state index >= 15 is 0 Å². The molecule has 0 saturated carbocycles. The van der Waals surface area contributed by atoms with Crippen molar-refractivity contribution in [2.24, 2.45) is 0 Å². The molecule has 23 heavy (non-hydrogen) atoms. The second kappa shape index (κ2) is 6.42. The molecule has 3 rings (SSSR count). The van der Waals surface area contributed by atoms with Crippen LogP contribution in [0.15, 0.2) is 47.6 Å². The lowest BCUT2D eigenvalue weighted by molar-refractivity contribution is 0.110. The summed E-state index contributed by atoms with van der Waals surface area (Å²) in [6, 6.07) is 13.3. The summed E-state index contributed by atoms with van der Waals surface area (Å²) in [5.74, 6) is 0.309. The molecule has 120 valence electrons. The third kappa shape index (κ3) is 3.07. The molecule has 0 aliphatic heterocycles. The van der Waals surface area contributed by atoms with E-state index < -0.39 is 10.8 Å². The number of benzene rings is 2. The van der Waals surface area contributed by atoms with E-state index in [9.17, 15) is 4.21 Å². The predicted molar refractivity (Wildman–Crippen MR) is 92.6 cm³/mol. The quantitative estimate of drug-likeness (QED) is 0.731. The minimum absolute atomic E-state index is 0.309. The molecule has 1 heterocycles. The van der Waals surface area contributed by atoms with Gasteiger partial charge in [0.2, 0.25) is 5.16 Å². The largest absolute Gasteiger partial charge is 0.411 e. The van der Waals surface area contributed by atoms with Crippen molar-refractivity contribution in [2.75, 3.05) is 12.3 Å². The zero-order valence-electron chi connectivity index (χ0n) is 13.2. The topological polar surface area (TPSA) is 70.1 Å². The van der Waals surface area contributed by atoms with Crippen LogP contribution in [0.3, 0.4) is 0 Å². The van der Waals surface area contributed by atoms with E-state index in [1.807, 2.05) is 56.3 Å². The number of aromatic nitrogens is 2. The van der Waals surface area contributed by atoms with Crippen LogP contribution in [0.5, 0.6) is 0 Å². The molecule has 2 aromatic carbocycles. The van der Waals surface area contributed by atoms with Crippen molar-refractivity contribution >= 4 is 27.5 Å². The summed E-state index contributed by atoms with van der Waals surface area (Å²) in [7, 11) is -1.35. The zero-order valence-corrected chi connectivity index (χ0v) is 14.0. The monoisotopic (exact) mass is 329 g/mol. The van der Waals surface area contributed by atoms with Crippen LogP contribution in [0.1, 0.15) is 18.1 Å². The molecule has 0 aliphatic rings. The highest BCUT2D eigenvalue weighted by Gasteiger charge is 2.18. The first-order chi connectivity index (χ1) is 11.1. The van der Waals surface area contributed by atoms with Gasteiger partial charge in [0.25, 0.3) is 0 Å². The van der Waals surface area contributed by atoms with Crippen molar-refractivity contribution in [3.05, 3.63) is 53.6 Å². The maximum absolute atomic E-state index is 12.8. The van der Waals surface area contributed by atoms with Crippen LogP contribution in [0, 0.1) is 6.92 Å². The van der Waals surface area contributed by atoms with Gasteiger partial charge in [0.05, 0.1) is 22.1 Å². The van der Waals surface area contributed by atoms with Gasteiger partial charge in [-0.25, -0.2) is 4.98 Å². The fraction of sp³-hybridized carbons (Fsp3) is 0.235. The Morgan fingerprint density at radius 3 is 2.83 bits per heavy atom. The molecule has 0 fully saturated rings. The minimum Gasteiger partial charge on any atom is -0.411 e. The molecule has 0 radical (unpaired) electrons. The molecule has 0 bridgehead atoms. The van der Waals surface area contributed by atoms with Crippen LogP contribution in [0.25, 0.3) is 11.0 Å². The van der Waals surface area contributed by atoms with Crippen molar-refractivity contribution in [1.82, 2.24) is 9.71 Å². The van der Waals surface area contributed by atoms with Gasteiger partial charge in [0.1, 0.15) is 12.1 Å². The van der Waals surface area contributed by atoms with Crippen molar-refractivity contribution in [2.45, 2.75) is 24.8 Å². The average Bonchev–Trinajstić information content (AvgIpc) is 2.90. The summed E-state index contributed by atoms with van der Waals surface area (Å²) in [4.78, 5) is 10.1. The van der Waals surface area contributed by atoms with Gasteiger partial charge in [-0.1, -0.05) is 29.8 Å². The molecular formula is C17H19N3O2S. The van der Waals surface area contributed by atoms with Gasteiger partial charge < -0.3 is 10.6 Å². The molecule has 0 amide bonds. The van der Waals surface area contributed by atoms with Crippen LogP contribution in [-0.4, -0.2) is 20.5 Å². The first-order valence-corrected chi connectivity index (χ1v) is 8.76. The maximum atomic E-state index is 12.8. The van der Waals surface area contributed by atoms with E-state index in [0.29, 0.717) is 23.2 Å². The van der Waals surface area contributed by atoms with Gasteiger partial charge in [-0.05, 0) is 37.6 Å². The lowest BCUT2D eigenvalue weighted by Crippen LogP contribution is -2.16. The molecule has 2 N–H and O–H groups in total. The van der Waals surface area contributed by atoms with Crippen LogP contribution in [-0.2, 0) is 16.6 Å². The summed E-state index contributed by atoms with van der Waals surface area (Å²) in [5.41, 5.74) is 10.2. The minimum atomic E-state index is -1.35. The van der Waals surface area contributed by atoms with Crippen molar-refractivity contribution in [3.63, 3.8) is 0 Å². The zero-order chi connectivity index (χ0) is 16.4. The molecule has 0 saturated heterocycles. The van der Waals surface area contributed by atoms with Crippen molar-refractivity contribution in [3.8, 4) is 0 Å². The Balaban J connectivity index is 2.00. The van der Waals surface area contributed by atoms with Gasteiger partial charge in [-0.2, -0.15) is 4.73 Å². The van der Waals surface area contributed by atoms with Gasteiger partial charge in [0.15, 0.2) is 0 Å². The second-order valence-electron chi connectivity index (χ2n) is 5.29. The van der Waals surface area contributed by atoms with Crippen LogP contribution >= 0.6 is 0 Å². The molecule has 6 heteroatoms. The van der Waals surface area contributed by atoms with Gasteiger partial charge >= 0.3 is 0 Å². The number of hydrogen-bond acceptors (Lipinski definition) is 4. The number of nitrogens with zero attached hydrogens (tertiary/aromatic N) is 2. The summed E-state index contributed by atoms with van der Waals surface area (Å²) < 4.78 is 14.4. The molecule has 3 aromatic rings. The number of aryl methyl sites for hydroxylation is 1. The molecule has 0 spiro atoms. The van der Waals surface area contributed by atoms with E-state index in [1.54, 1.807) is 4.73 Å². The Bertz CT molecular complexity index is 873. The number of hydrogen-bond donors (Lipinski definition) is 1. The fourth-order valence-corrected chi connectivity index (χ4v) is 3.64. The summed E-state index contributed by atoms with van der Waals surface area (Å²) in [5, 5.41) is 0.411. The third-order valence-electron chi connectivity index (χ3n) is 3.54. The van der Waals surface area contributed by atoms with E-state index in [-0.39, 0.29) is 0 Å². The van der Waals surface area contributed by atoms with Crippen LogP contribution in [0.4, 0.5) is 5.69 Å². The Morgan fingerprint density at radius 1 is 1.26 bits per heavy atom. The molecule has 0 aliphatic carbocycles. The number of nitrogen functional groups attached to an aromatic ring is 1. The molecule has 0 unspecified atom stereocenters.